The van der Waals surface area contributed by atoms with E-state index in [0.29, 0.717) is 10.8 Å². The third kappa shape index (κ3) is 3.73. The molecule has 2 N–H and O–H groups in total. The number of hydrogen-bond acceptors (Lipinski definition) is 4. The Labute approximate surface area is 206 Å². The molecule has 5 rings (SSSR count). The molecule has 3 atom stereocenters. The number of nitrogens with zero attached hydrogens (tertiary/aromatic N) is 1. The summed E-state index contributed by atoms with van der Waals surface area (Å²) in [6.45, 7) is 1.92. The first-order chi connectivity index (χ1) is 15.9. The number of halogens is 1. The fourth-order valence-electron chi connectivity index (χ4n) is 4.63. The van der Waals surface area contributed by atoms with Gasteiger partial charge in [-0.05, 0) is 67.7 Å². The summed E-state index contributed by atoms with van der Waals surface area (Å²) in [6, 6.07) is 22.5. The molecule has 2 aliphatic rings. The molecule has 3 aromatic rings. The normalized spacial score (nSPS) is 23.1. The van der Waals surface area contributed by atoms with Crippen molar-refractivity contribution >= 4 is 50.5 Å². The molecule has 2 bridgehead atoms. The number of fused-ring (bicyclic) bond motifs is 4. The highest BCUT2D eigenvalue weighted by atomic mass is 79.9. The van der Waals surface area contributed by atoms with Gasteiger partial charge in [0.2, 0.25) is 5.91 Å². The van der Waals surface area contributed by atoms with Gasteiger partial charge in [-0.2, -0.15) is 0 Å². The molecule has 8 heteroatoms. The molecule has 33 heavy (non-hydrogen) atoms. The Hall–Kier alpha value is -3.10. The van der Waals surface area contributed by atoms with Crippen LogP contribution in [0.3, 0.4) is 0 Å². The molecule has 1 amide bonds. The van der Waals surface area contributed by atoms with Gasteiger partial charge in [0.05, 0.1) is 13.2 Å². The van der Waals surface area contributed by atoms with Gasteiger partial charge in [0.25, 0.3) is 0 Å². The number of amides is 1. The lowest BCUT2D eigenvalue weighted by Gasteiger charge is -2.56. The third-order valence-electron chi connectivity index (χ3n) is 6.11. The van der Waals surface area contributed by atoms with E-state index in [1.807, 2.05) is 84.6 Å². The number of rotatable bonds is 4. The van der Waals surface area contributed by atoms with Crippen LogP contribution in [0.15, 0.2) is 77.3 Å². The Balaban J connectivity index is 1.59. The lowest BCUT2D eigenvalue weighted by Crippen LogP contribution is -2.72. The van der Waals surface area contributed by atoms with Crippen LogP contribution in [0, 0.1) is 5.92 Å². The Morgan fingerprint density at radius 2 is 1.91 bits per heavy atom. The summed E-state index contributed by atoms with van der Waals surface area (Å²) in [7, 11) is 1.61. The number of anilines is 2. The molecule has 2 aliphatic heterocycles. The molecule has 168 valence electrons. The van der Waals surface area contributed by atoms with Gasteiger partial charge < -0.3 is 20.1 Å². The van der Waals surface area contributed by atoms with Gasteiger partial charge in [-0.25, -0.2) is 0 Å². The Morgan fingerprint density at radius 3 is 2.64 bits per heavy atom. The summed E-state index contributed by atoms with van der Waals surface area (Å²) in [5.74, 6) is 0.686. The SMILES string of the molecule is COc1ccc(NC(=O)[C@H]2[C@@H]3NC(=S)N(c4cccc(Br)c4)[C@]2(C)Oc2ccccc23)cc1. The fraction of sp³-hybridized carbons (Fsp3) is 0.200. The van der Waals surface area contributed by atoms with E-state index in [4.69, 9.17) is 21.7 Å². The van der Waals surface area contributed by atoms with Crippen LogP contribution in [-0.4, -0.2) is 23.9 Å². The van der Waals surface area contributed by atoms with Gasteiger partial charge in [-0.3, -0.25) is 9.69 Å². The van der Waals surface area contributed by atoms with E-state index in [1.54, 1.807) is 7.11 Å². The molecule has 1 fully saturated rings. The smallest absolute Gasteiger partial charge is 0.236 e. The van der Waals surface area contributed by atoms with E-state index in [2.05, 4.69) is 26.6 Å². The van der Waals surface area contributed by atoms with Crippen LogP contribution in [0.5, 0.6) is 11.5 Å². The number of benzene rings is 3. The fourth-order valence-corrected chi connectivity index (χ4v) is 5.43. The Morgan fingerprint density at radius 1 is 1.15 bits per heavy atom. The summed E-state index contributed by atoms with van der Waals surface area (Å²) in [5, 5.41) is 6.97. The highest BCUT2D eigenvalue weighted by Crippen LogP contribution is 2.49. The number of para-hydroxylation sites is 1. The Kier molecular flexibility index (Phi) is 5.50. The van der Waals surface area contributed by atoms with E-state index in [9.17, 15) is 4.79 Å². The second-order valence-corrected chi connectivity index (χ2v) is 9.43. The van der Waals surface area contributed by atoms with Crippen molar-refractivity contribution in [3.05, 3.63) is 82.8 Å². The highest BCUT2D eigenvalue weighted by Gasteiger charge is 2.59. The zero-order valence-electron chi connectivity index (χ0n) is 18.0. The molecule has 2 heterocycles. The predicted octanol–water partition coefficient (Wildman–Crippen LogP) is 5.26. The highest BCUT2D eigenvalue weighted by molar-refractivity contribution is 9.10. The number of hydrogen-bond donors (Lipinski definition) is 2. The average molecular weight is 524 g/mol. The van der Waals surface area contributed by atoms with Crippen molar-refractivity contribution in [2.45, 2.75) is 18.7 Å². The third-order valence-corrected chi connectivity index (χ3v) is 6.91. The second-order valence-electron chi connectivity index (χ2n) is 8.13. The first kappa shape index (κ1) is 21.7. The summed E-state index contributed by atoms with van der Waals surface area (Å²) in [6.07, 6.45) is 0. The van der Waals surface area contributed by atoms with Crippen molar-refractivity contribution in [2.75, 3.05) is 17.3 Å². The van der Waals surface area contributed by atoms with Crippen LogP contribution >= 0.6 is 28.1 Å². The van der Waals surface area contributed by atoms with Gasteiger partial charge in [0.1, 0.15) is 17.4 Å². The average Bonchev–Trinajstić information content (AvgIpc) is 2.79. The monoisotopic (exact) mass is 523 g/mol. The zero-order chi connectivity index (χ0) is 23.2. The number of carbonyl (C=O) groups excluding carboxylic acids is 1. The standard InChI is InChI=1S/C25H22BrN3O3S/c1-25-21(23(30)27-16-10-12-18(31-2)13-11-16)22(19-8-3-4-9-20(19)32-25)28-24(33)29(25)17-7-5-6-15(26)14-17/h3-14,21-22H,1-2H3,(H,27,30)(H,28,33)/t21-,22-,25-/m1/s1. The lowest BCUT2D eigenvalue weighted by molar-refractivity contribution is -0.130. The summed E-state index contributed by atoms with van der Waals surface area (Å²) < 4.78 is 12.7. The van der Waals surface area contributed by atoms with Crippen molar-refractivity contribution in [3.8, 4) is 11.5 Å². The van der Waals surface area contributed by atoms with E-state index in [0.717, 1.165) is 27.2 Å². The van der Waals surface area contributed by atoms with Crippen LogP contribution in [0.4, 0.5) is 11.4 Å². The first-order valence-corrected chi connectivity index (χ1v) is 11.7. The molecule has 1 saturated heterocycles. The first-order valence-electron chi connectivity index (χ1n) is 10.5. The minimum atomic E-state index is -1.06. The number of ether oxygens (including phenoxy) is 2. The van der Waals surface area contributed by atoms with Crippen molar-refractivity contribution in [1.29, 1.82) is 0 Å². The van der Waals surface area contributed by atoms with Gasteiger partial charge in [0, 0.05) is 21.4 Å². The van der Waals surface area contributed by atoms with Gasteiger partial charge >= 0.3 is 0 Å². The van der Waals surface area contributed by atoms with Crippen LogP contribution < -0.4 is 25.0 Å². The summed E-state index contributed by atoms with van der Waals surface area (Å²) in [4.78, 5) is 15.6. The molecule has 0 saturated carbocycles. The Bertz CT molecular complexity index is 1240. The number of thiocarbonyl (C=S) groups is 1. The van der Waals surface area contributed by atoms with E-state index in [-0.39, 0.29) is 11.9 Å². The second kappa shape index (κ2) is 8.35. The van der Waals surface area contributed by atoms with E-state index >= 15 is 0 Å². The maximum atomic E-state index is 13.8. The van der Waals surface area contributed by atoms with E-state index in [1.165, 1.54) is 0 Å². The van der Waals surface area contributed by atoms with Gasteiger partial charge in [-0.15, -0.1) is 0 Å². The van der Waals surface area contributed by atoms with Crippen molar-refractivity contribution in [1.82, 2.24) is 5.32 Å². The predicted molar refractivity (Wildman–Crippen MR) is 136 cm³/mol. The van der Waals surface area contributed by atoms with Crippen LogP contribution in [0.25, 0.3) is 0 Å². The van der Waals surface area contributed by atoms with Crippen LogP contribution in [0.1, 0.15) is 18.5 Å². The maximum Gasteiger partial charge on any atom is 0.236 e. The van der Waals surface area contributed by atoms with Gasteiger partial charge in [-0.1, -0.05) is 40.2 Å². The molecule has 0 aromatic heterocycles. The number of carbonyl (C=O) groups is 1. The summed E-state index contributed by atoms with van der Waals surface area (Å²) in [5.41, 5.74) is 1.35. The largest absolute Gasteiger partial charge is 0.497 e. The van der Waals surface area contributed by atoms with Crippen LogP contribution in [0.2, 0.25) is 0 Å². The molecule has 0 spiro atoms. The quantitative estimate of drug-likeness (QED) is 0.455. The maximum absolute atomic E-state index is 13.8. The molecular weight excluding hydrogens is 502 g/mol. The molecule has 0 radical (unpaired) electrons. The minimum Gasteiger partial charge on any atom is -0.497 e. The van der Waals surface area contributed by atoms with E-state index < -0.39 is 11.6 Å². The van der Waals surface area contributed by atoms with Crippen LogP contribution in [-0.2, 0) is 4.79 Å². The molecular formula is C25H22BrN3O3S. The van der Waals surface area contributed by atoms with Gasteiger partial charge in [0.15, 0.2) is 10.8 Å². The number of nitrogens with one attached hydrogen (secondary N) is 2. The molecule has 0 aliphatic carbocycles. The molecule has 6 nitrogen and oxygen atoms in total. The number of methoxy groups -OCH3 is 1. The molecule has 3 aromatic carbocycles. The molecule has 0 unspecified atom stereocenters. The zero-order valence-corrected chi connectivity index (χ0v) is 20.4. The van der Waals surface area contributed by atoms with Crippen molar-refractivity contribution in [3.63, 3.8) is 0 Å². The topological polar surface area (TPSA) is 62.8 Å². The summed E-state index contributed by atoms with van der Waals surface area (Å²) >= 11 is 9.32. The van der Waals surface area contributed by atoms with Crippen molar-refractivity contribution in [2.24, 2.45) is 5.92 Å². The lowest BCUT2D eigenvalue weighted by atomic mass is 9.78. The van der Waals surface area contributed by atoms with Crippen molar-refractivity contribution < 1.29 is 14.3 Å². The minimum absolute atomic E-state index is 0.169.